The number of halogens is 2. The van der Waals surface area contributed by atoms with Crippen molar-refractivity contribution in [1.29, 1.82) is 0 Å². The van der Waals surface area contributed by atoms with Gasteiger partial charge in [-0.15, -0.1) is 0 Å². The largest absolute Gasteiger partial charge is 0.411 e. The van der Waals surface area contributed by atoms with Gasteiger partial charge in [0.05, 0.1) is 5.71 Å². The molecule has 2 aromatic rings. The summed E-state index contributed by atoms with van der Waals surface area (Å²) in [5.41, 5.74) is 3.49. The van der Waals surface area contributed by atoms with Gasteiger partial charge in [-0.3, -0.25) is 4.79 Å². The summed E-state index contributed by atoms with van der Waals surface area (Å²) in [4.78, 5) is 16.5. The number of amides is 1. The van der Waals surface area contributed by atoms with E-state index in [9.17, 15) is 14.4 Å². The minimum absolute atomic E-state index is 0.0309. The summed E-state index contributed by atoms with van der Waals surface area (Å²) in [7, 11) is 0. The lowest BCUT2D eigenvalue weighted by Gasteiger charge is -2.50. The molecule has 2 fully saturated rings. The van der Waals surface area contributed by atoms with E-state index < -0.39 is 5.82 Å². The maximum atomic E-state index is 13.9. The Morgan fingerprint density at radius 1 is 1.36 bits per heavy atom. The lowest BCUT2D eigenvalue weighted by molar-refractivity contribution is -0.116. The van der Waals surface area contributed by atoms with Crippen molar-refractivity contribution in [2.75, 3.05) is 5.32 Å². The van der Waals surface area contributed by atoms with E-state index in [0.29, 0.717) is 30.6 Å². The van der Waals surface area contributed by atoms with Crippen LogP contribution in [0.4, 0.5) is 10.2 Å². The van der Waals surface area contributed by atoms with E-state index >= 15 is 0 Å². The lowest BCUT2D eigenvalue weighted by Crippen LogP contribution is -2.44. The Morgan fingerprint density at radius 2 is 2.21 bits per heavy atom. The van der Waals surface area contributed by atoms with E-state index in [4.69, 9.17) is 11.6 Å². The second-order valence-electron chi connectivity index (χ2n) is 10.1. The van der Waals surface area contributed by atoms with Gasteiger partial charge in [0, 0.05) is 23.1 Å². The van der Waals surface area contributed by atoms with Crippen LogP contribution < -0.4 is 5.32 Å². The number of carbonyl (C=O) groups excluding carboxylic acids is 1. The molecule has 2 saturated carbocycles. The highest BCUT2D eigenvalue weighted by molar-refractivity contribution is 6.30. The van der Waals surface area contributed by atoms with Crippen LogP contribution in [-0.4, -0.2) is 21.8 Å². The Labute approximate surface area is 198 Å². The van der Waals surface area contributed by atoms with Crippen molar-refractivity contribution >= 4 is 29.0 Å². The van der Waals surface area contributed by atoms with Gasteiger partial charge in [-0.05, 0) is 97.6 Å². The number of fused-ring (bicyclic) bond motifs is 5. The Bertz CT molecular complexity index is 1110. The zero-order valence-electron chi connectivity index (χ0n) is 18.7. The Balaban J connectivity index is 1.36. The number of nitrogens with zero attached hydrogens (tertiary/aromatic N) is 2. The molecular formula is C26H29ClFN3O2. The summed E-state index contributed by atoms with van der Waals surface area (Å²) in [6, 6.07) is 9.07. The fourth-order valence-electron chi connectivity index (χ4n) is 7.04. The Hall–Kier alpha value is -2.47. The van der Waals surface area contributed by atoms with Crippen LogP contribution >= 0.6 is 11.6 Å². The molecule has 33 heavy (non-hydrogen) atoms. The normalized spacial score (nSPS) is 31.5. The fourth-order valence-corrected chi connectivity index (χ4v) is 7.24. The highest BCUT2D eigenvalue weighted by atomic mass is 35.5. The van der Waals surface area contributed by atoms with Gasteiger partial charge in [-0.2, -0.15) is 0 Å². The second kappa shape index (κ2) is 8.71. The molecule has 5 rings (SSSR count). The first-order valence-electron chi connectivity index (χ1n) is 11.8. The van der Waals surface area contributed by atoms with Crippen LogP contribution in [0.5, 0.6) is 0 Å². The number of nitrogens with one attached hydrogen (secondary N) is 1. The third-order valence-electron chi connectivity index (χ3n) is 8.44. The van der Waals surface area contributed by atoms with Crippen molar-refractivity contribution in [3.05, 3.63) is 58.5 Å². The molecule has 5 atom stereocenters. The average Bonchev–Trinajstić information content (AvgIpc) is 3.10. The summed E-state index contributed by atoms with van der Waals surface area (Å²) in [6.07, 6.45) is 7.26. The summed E-state index contributed by atoms with van der Waals surface area (Å²) >= 11 is 6.25. The predicted octanol–water partition coefficient (Wildman–Crippen LogP) is 6.21. The number of hydrogen-bond acceptors (Lipinski definition) is 4. The van der Waals surface area contributed by atoms with Crippen LogP contribution in [0.15, 0.2) is 41.7 Å². The Morgan fingerprint density at radius 3 is 3.00 bits per heavy atom. The molecule has 1 heterocycles. The third-order valence-corrected chi connectivity index (χ3v) is 8.68. The maximum absolute atomic E-state index is 13.9. The molecule has 3 aliphatic carbocycles. The van der Waals surface area contributed by atoms with Crippen LogP contribution in [0.1, 0.15) is 62.5 Å². The van der Waals surface area contributed by atoms with Gasteiger partial charge < -0.3 is 10.5 Å². The number of rotatable bonds is 4. The van der Waals surface area contributed by atoms with Crippen LogP contribution in [0.2, 0.25) is 5.02 Å². The van der Waals surface area contributed by atoms with Gasteiger partial charge in [0.1, 0.15) is 0 Å². The van der Waals surface area contributed by atoms with Crippen LogP contribution in [0.3, 0.4) is 0 Å². The SMILES string of the molecule is C[C@]12CCC3c4ccc(Cl)cc4CCC3C1[C@H](CCC(=O)Nc1ncccc1F)C/C2=N\O. The van der Waals surface area contributed by atoms with E-state index in [1.54, 1.807) is 0 Å². The standard InChI is InChI=1S/C26H29ClFN3O2/c1-26-11-10-19-18-8-6-17(27)13-15(18)4-7-20(19)24(26)16(14-22(26)31-33)5-9-23(32)30-25-21(28)3-2-12-29-25/h2-3,6,8,12-13,16,19-20,24,33H,4-5,7,9-11,14H2,1H3,(H,29,30,32)/b31-22+/t16-,19?,20?,24?,26-/m1/s1. The highest BCUT2D eigenvalue weighted by Crippen LogP contribution is 2.62. The highest BCUT2D eigenvalue weighted by Gasteiger charge is 2.57. The number of carbonyl (C=O) groups is 1. The third kappa shape index (κ3) is 3.92. The molecule has 0 bridgehead atoms. The van der Waals surface area contributed by atoms with Gasteiger partial charge in [0.2, 0.25) is 5.91 Å². The minimum Gasteiger partial charge on any atom is -0.411 e. The molecule has 0 spiro atoms. The summed E-state index contributed by atoms with van der Waals surface area (Å²) in [5.74, 6) is 0.757. The Kier molecular flexibility index (Phi) is 5.89. The number of benzene rings is 1. The molecule has 5 nitrogen and oxygen atoms in total. The molecule has 1 amide bonds. The first-order chi connectivity index (χ1) is 15.9. The smallest absolute Gasteiger partial charge is 0.225 e. The van der Waals surface area contributed by atoms with Crippen molar-refractivity contribution in [2.45, 2.75) is 57.8 Å². The molecule has 1 aromatic carbocycles. The van der Waals surface area contributed by atoms with Crippen molar-refractivity contribution < 1.29 is 14.4 Å². The van der Waals surface area contributed by atoms with Gasteiger partial charge in [0.25, 0.3) is 0 Å². The summed E-state index contributed by atoms with van der Waals surface area (Å²) in [6.45, 7) is 2.24. The van der Waals surface area contributed by atoms with Crippen molar-refractivity contribution in [2.24, 2.45) is 28.3 Å². The van der Waals surface area contributed by atoms with Crippen molar-refractivity contribution in [3.63, 3.8) is 0 Å². The van der Waals surface area contributed by atoms with Gasteiger partial charge >= 0.3 is 0 Å². The van der Waals surface area contributed by atoms with Crippen LogP contribution in [0.25, 0.3) is 0 Å². The first kappa shape index (κ1) is 22.3. The summed E-state index contributed by atoms with van der Waals surface area (Å²) < 4.78 is 13.9. The van der Waals surface area contributed by atoms with Crippen molar-refractivity contribution in [1.82, 2.24) is 4.98 Å². The molecule has 0 saturated heterocycles. The van der Waals surface area contributed by atoms with Gasteiger partial charge in [-0.1, -0.05) is 29.7 Å². The van der Waals surface area contributed by atoms with Crippen LogP contribution in [-0.2, 0) is 11.2 Å². The number of oxime groups is 1. The average molecular weight is 470 g/mol. The monoisotopic (exact) mass is 469 g/mol. The molecule has 0 radical (unpaired) electrons. The number of aromatic nitrogens is 1. The number of hydrogen-bond donors (Lipinski definition) is 2. The van der Waals surface area contributed by atoms with Gasteiger partial charge in [0.15, 0.2) is 11.6 Å². The second-order valence-corrected chi connectivity index (χ2v) is 10.5. The molecule has 2 N–H and O–H groups in total. The topological polar surface area (TPSA) is 74.6 Å². The quantitative estimate of drug-likeness (QED) is 0.413. The molecule has 1 aromatic heterocycles. The first-order valence-corrected chi connectivity index (χ1v) is 12.2. The van der Waals surface area contributed by atoms with E-state index in [1.807, 2.05) is 6.07 Å². The minimum atomic E-state index is -0.537. The molecule has 3 aliphatic rings. The zero-order valence-corrected chi connectivity index (χ0v) is 19.5. The van der Waals surface area contributed by atoms with Gasteiger partial charge in [-0.25, -0.2) is 9.37 Å². The van der Waals surface area contributed by atoms with E-state index in [-0.39, 0.29) is 29.5 Å². The van der Waals surface area contributed by atoms with Crippen LogP contribution in [0, 0.1) is 29.0 Å². The predicted molar refractivity (Wildman–Crippen MR) is 126 cm³/mol. The number of pyridine rings is 1. The molecular weight excluding hydrogens is 441 g/mol. The van der Waals surface area contributed by atoms with E-state index in [1.165, 1.54) is 29.5 Å². The lowest BCUT2D eigenvalue weighted by atomic mass is 9.54. The fraction of sp³-hybridized carbons (Fsp3) is 0.500. The number of aryl methyl sites for hydroxylation is 1. The molecule has 0 aliphatic heterocycles. The molecule has 7 heteroatoms. The molecule has 174 valence electrons. The maximum Gasteiger partial charge on any atom is 0.225 e. The summed E-state index contributed by atoms with van der Waals surface area (Å²) in [5, 5.41) is 16.9. The number of anilines is 1. The van der Waals surface area contributed by atoms with E-state index in [2.05, 4.69) is 34.5 Å². The van der Waals surface area contributed by atoms with Crippen molar-refractivity contribution in [3.8, 4) is 0 Å². The van der Waals surface area contributed by atoms with E-state index in [0.717, 1.165) is 36.4 Å². The molecule has 3 unspecified atom stereocenters. The zero-order chi connectivity index (χ0) is 23.2.